The normalized spacial score (nSPS) is 12.9. The van der Waals surface area contributed by atoms with Crippen molar-refractivity contribution in [1.29, 1.82) is 0 Å². The number of aryl methyl sites for hydroxylation is 1. The largest absolute Gasteiger partial charge is 0.472 e. The Balaban J connectivity index is 2.16. The van der Waals surface area contributed by atoms with E-state index in [1.165, 1.54) is 16.7 Å². The Hall–Kier alpha value is -1.58. The molecule has 0 fully saturated rings. The van der Waals surface area contributed by atoms with Crippen LogP contribution >= 0.6 is 0 Å². The van der Waals surface area contributed by atoms with Gasteiger partial charge in [-0.25, -0.2) is 0 Å². The smallest absolute Gasteiger partial charge is 0.0947 e. The lowest BCUT2D eigenvalue weighted by Gasteiger charge is -2.28. The number of nitrogens with zero attached hydrogens (tertiary/aromatic N) is 1. The second kappa shape index (κ2) is 5.85. The van der Waals surface area contributed by atoms with Crippen LogP contribution in [0.4, 0.5) is 0 Å². The second-order valence-electron chi connectivity index (χ2n) is 4.65. The zero-order valence-electron chi connectivity index (χ0n) is 11.0. The second-order valence-corrected chi connectivity index (χ2v) is 4.65. The number of likely N-dealkylation sites (N-methyl/N-ethyl adjacent to an activating group) is 1. The molecule has 3 nitrogen and oxygen atoms in total. The molecular weight excluding hydrogens is 224 g/mol. The molecule has 1 aromatic heterocycles. The molecule has 0 aliphatic carbocycles. The van der Waals surface area contributed by atoms with Crippen LogP contribution in [-0.4, -0.2) is 18.5 Å². The lowest BCUT2D eigenvalue weighted by molar-refractivity contribution is 0.240. The predicted molar refractivity (Wildman–Crippen MR) is 73.1 cm³/mol. The quantitative estimate of drug-likeness (QED) is 0.879. The van der Waals surface area contributed by atoms with E-state index in [0.717, 1.165) is 6.54 Å². The fourth-order valence-electron chi connectivity index (χ4n) is 2.29. The Morgan fingerprint density at radius 1 is 1.28 bits per heavy atom. The first-order chi connectivity index (χ1) is 8.72. The molecule has 0 bridgehead atoms. The highest BCUT2D eigenvalue weighted by Crippen LogP contribution is 2.23. The molecule has 96 valence electrons. The molecule has 0 aliphatic heterocycles. The van der Waals surface area contributed by atoms with Crippen molar-refractivity contribution in [2.45, 2.75) is 19.5 Å². The standard InChI is InChI=1S/C15H20N2O/c1-12-5-3-4-6-14(12)15(9-16)17(2)10-13-7-8-18-11-13/h3-8,11,15H,9-10,16H2,1-2H3. The third-order valence-corrected chi connectivity index (χ3v) is 3.31. The number of nitrogens with two attached hydrogens (primary N) is 1. The predicted octanol–water partition coefficient (Wildman–Crippen LogP) is 2.72. The molecule has 2 aromatic rings. The molecule has 2 rings (SSSR count). The zero-order valence-corrected chi connectivity index (χ0v) is 11.0. The van der Waals surface area contributed by atoms with Crippen molar-refractivity contribution in [3.05, 3.63) is 59.5 Å². The molecule has 1 aromatic carbocycles. The topological polar surface area (TPSA) is 42.4 Å². The average molecular weight is 244 g/mol. The summed E-state index contributed by atoms with van der Waals surface area (Å²) in [7, 11) is 2.09. The minimum atomic E-state index is 0.237. The maximum atomic E-state index is 5.94. The van der Waals surface area contributed by atoms with Crippen LogP contribution in [0.3, 0.4) is 0 Å². The van der Waals surface area contributed by atoms with E-state index >= 15 is 0 Å². The maximum absolute atomic E-state index is 5.94. The Kier molecular flexibility index (Phi) is 4.18. The Morgan fingerprint density at radius 3 is 2.67 bits per heavy atom. The van der Waals surface area contributed by atoms with Gasteiger partial charge in [-0.3, -0.25) is 4.90 Å². The molecule has 1 unspecified atom stereocenters. The van der Waals surface area contributed by atoms with Crippen molar-refractivity contribution < 1.29 is 4.42 Å². The van der Waals surface area contributed by atoms with E-state index < -0.39 is 0 Å². The highest BCUT2D eigenvalue weighted by molar-refractivity contribution is 5.29. The van der Waals surface area contributed by atoms with Crippen LogP contribution in [0.25, 0.3) is 0 Å². The van der Waals surface area contributed by atoms with Crippen molar-refractivity contribution in [1.82, 2.24) is 4.90 Å². The van der Waals surface area contributed by atoms with Crippen LogP contribution in [0, 0.1) is 6.92 Å². The van der Waals surface area contributed by atoms with E-state index in [9.17, 15) is 0 Å². The molecule has 0 spiro atoms. The maximum Gasteiger partial charge on any atom is 0.0947 e. The highest BCUT2D eigenvalue weighted by Gasteiger charge is 2.17. The molecule has 3 heteroatoms. The number of furan rings is 1. The monoisotopic (exact) mass is 244 g/mol. The summed E-state index contributed by atoms with van der Waals surface area (Å²) in [5, 5.41) is 0. The molecule has 0 aliphatic rings. The summed E-state index contributed by atoms with van der Waals surface area (Å²) in [5.41, 5.74) is 9.69. The van der Waals surface area contributed by atoms with E-state index in [1.807, 2.05) is 6.07 Å². The van der Waals surface area contributed by atoms with Crippen molar-refractivity contribution in [3.63, 3.8) is 0 Å². The Bertz CT molecular complexity index is 479. The Labute approximate surface area is 108 Å². The summed E-state index contributed by atoms with van der Waals surface area (Å²) in [6.07, 6.45) is 3.48. The van der Waals surface area contributed by atoms with Crippen molar-refractivity contribution >= 4 is 0 Å². The minimum absolute atomic E-state index is 0.237. The van der Waals surface area contributed by atoms with Gasteiger partial charge in [0.2, 0.25) is 0 Å². The summed E-state index contributed by atoms with van der Waals surface area (Å²) in [6.45, 7) is 3.58. The molecule has 1 heterocycles. The van der Waals surface area contributed by atoms with Gasteiger partial charge in [0.15, 0.2) is 0 Å². The Morgan fingerprint density at radius 2 is 2.06 bits per heavy atom. The SMILES string of the molecule is Cc1ccccc1C(CN)N(C)Cc1ccoc1. The third kappa shape index (κ3) is 2.81. The first-order valence-electron chi connectivity index (χ1n) is 6.19. The van der Waals surface area contributed by atoms with Crippen LogP contribution in [0.2, 0.25) is 0 Å². The first kappa shape index (κ1) is 12.9. The summed E-state index contributed by atoms with van der Waals surface area (Å²) in [4.78, 5) is 2.26. The summed E-state index contributed by atoms with van der Waals surface area (Å²) in [5.74, 6) is 0. The molecule has 0 radical (unpaired) electrons. The average Bonchev–Trinajstić information content (AvgIpc) is 2.85. The molecule has 0 amide bonds. The van der Waals surface area contributed by atoms with Crippen molar-refractivity contribution in [2.75, 3.05) is 13.6 Å². The van der Waals surface area contributed by atoms with Gasteiger partial charge in [0, 0.05) is 24.7 Å². The number of benzene rings is 1. The first-order valence-corrected chi connectivity index (χ1v) is 6.19. The minimum Gasteiger partial charge on any atom is -0.472 e. The highest BCUT2D eigenvalue weighted by atomic mass is 16.3. The fourth-order valence-corrected chi connectivity index (χ4v) is 2.29. The van der Waals surface area contributed by atoms with Gasteiger partial charge >= 0.3 is 0 Å². The number of rotatable bonds is 5. The van der Waals surface area contributed by atoms with E-state index in [0.29, 0.717) is 6.54 Å². The van der Waals surface area contributed by atoms with Gasteiger partial charge in [-0.15, -0.1) is 0 Å². The summed E-state index contributed by atoms with van der Waals surface area (Å²) >= 11 is 0. The van der Waals surface area contributed by atoms with E-state index in [2.05, 4.69) is 43.1 Å². The van der Waals surface area contributed by atoms with Crippen LogP contribution in [0.5, 0.6) is 0 Å². The van der Waals surface area contributed by atoms with Gasteiger partial charge in [0.1, 0.15) is 0 Å². The van der Waals surface area contributed by atoms with Gasteiger partial charge in [-0.1, -0.05) is 24.3 Å². The lowest BCUT2D eigenvalue weighted by atomic mass is 10.00. The number of hydrogen-bond acceptors (Lipinski definition) is 3. The van der Waals surface area contributed by atoms with Crippen LogP contribution < -0.4 is 5.73 Å². The molecular formula is C15H20N2O. The molecule has 1 atom stereocenters. The molecule has 0 saturated carbocycles. The van der Waals surface area contributed by atoms with Crippen molar-refractivity contribution in [3.8, 4) is 0 Å². The van der Waals surface area contributed by atoms with Gasteiger partial charge in [-0.05, 0) is 31.2 Å². The van der Waals surface area contributed by atoms with E-state index in [1.54, 1.807) is 12.5 Å². The zero-order chi connectivity index (χ0) is 13.0. The lowest BCUT2D eigenvalue weighted by Crippen LogP contribution is -2.30. The van der Waals surface area contributed by atoms with Crippen LogP contribution in [0.15, 0.2) is 47.3 Å². The summed E-state index contributed by atoms with van der Waals surface area (Å²) < 4.78 is 5.10. The summed E-state index contributed by atoms with van der Waals surface area (Å²) in [6, 6.07) is 10.6. The van der Waals surface area contributed by atoms with E-state index in [4.69, 9.17) is 10.2 Å². The number of hydrogen-bond donors (Lipinski definition) is 1. The van der Waals surface area contributed by atoms with Crippen LogP contribution in [0.1, 0.15) is 22.7 Å². The van der Waals surface area contributed by atoms with Gasteiger partial charge in [0.25, 0.3) is 0 Å². The molecule has 0 saturated heterocycles. The van der Waals surface area contributed by atoms with Crippen molar-refractivity contribution in [2.24, 2.45) is 5.73 Å². The van der Waals surface area contributed by atoms with E-state index in [-0.39, 0.29) is 6.04 Å². The molecule has 2 N–H and O–H groups in total. The fraction of sp³-hybridized carbons (Fsp3) is 0.333. The van der Waals surface area contributed by atoms with Crippen LogP contribution in [-0.2, 0) is 6.54 Å². The third-order valence-electron chi connectivity index (χ3n) is 3.31. The van der Waals surface area contributed by atoms with Gasteiger partial charge < -0.3 is 10.2 Å². The van der Waals surface area contributed by atoms with Gasteiger partial charge in [0.05, 0.1) is 12.5 Å². The molecule has 18 heavy (non-hydrogen) atoms. The van der Waals surface area contributed by atoms with Gasteiger partial charge in [-0.2, -0.15) is 0 Å².